The lowest BCUT2D eigenvalue weighted by Crippen LogP contribution is -2.12. The van der Waals surface area contributed by atoms with Crippen molar-refractivity contribution < 1.29 is 0 Å². The molecule has 2 rings (SSSR count). The lowest BCUT2D eigenvalue weighted by molar-refractivity contribution is 0.546. The predicted molar refractivity (Wildman–Crippen MR) is 71.7 cm³/mol. The van der Waals surface area contributed by atoms with Crippen LogP contribution < -0.4 is 5.73 Å². The first-order chi connectivity index (χ1) is 7.72. The van der Waals surface area contributed by atoms with E-state index in [9.17, 15) is 0 Å². The highest BCUT2D eigenvalue weighted by Crippen LogP contribution is 2.19. The lowest BCUT2D eigenvalue weighted by Gasteiger charge is -2.12. The Morgan fingerprint density at radius 2 is 2.19 bits per heavy atom. The van der Waals surface area contributed by atoms with Crippen molar-refractivity contribution in [2.45, 2.75) is 13.5 Å². The van der Waals surface area contributed by atoms with E-state index in [-0.39, 0.29) is 0 Å². The lowest BCUT2D eigenvalue weighted by atomic mass is 10.2. The quantitative estimate of drug-likeness (QED) is 0.886. The molecule has 0 saturated heterocycles. The van der Waals surface area contributed by atoms with Gasteiger partial charge in [-0.3, -0.25) is 0 Å². The summed E-state index contributed by atoms with van der Waals surface area (Å²) in [7, 11) is 0. The molecule has 0 saturated carbocycles. The van der Waals surface area contributed by atoms with Gasteiger partial charge in [-0.15, -0.1) is 0 Å². The third kappa shape index (κ3) is 2.16. The molecule has 16 heavy (non-hydrogen) atoms. The van der Waals surface area contributed by atoms with Gasteiger partial charge in [-0.1, -0.05) is 19.1 Å². The molecule has 86 valence electrons. The van der Waals surface area contributed by atoms with Gasteiger partial charge in [0.25, 0.3) is 0 Å². The zero-order chi connectivity index (χ0) is 11.5. The van der Waals surface area contributed by atoms with Crippen molar-refractivity contribution >= 4 is 28.7 Å². The van der Waals surface area contributed by atoms with Crippen LogP contribution in [0.2, 0.25) is 0 Å². The average molecular weight is 235 g/mol. The van der Waals surface area contributed by atoms with Crippen molar-refractivity contribution in [3.63, 3.8) is 0 Å². The van der Waals surface area contributed by atoms with E-state index in [4.69, 9.17) is 5.73 Å². The summed E-state index contributed by atoms with van der Waals surface area (Å²) < 4.78 is 2.11. The van der Waals surface area contributed by atoms with Crippen LogP contribution in [0.3, 0.4) is 0 Å². The standard InChI is InChI=1S/C12H17N3S/c1-9(8-16-2)7-15-11-6-4-3-5-10(11)14-12(15)13/h3-6,9H,7-8H2,1-2H3,(H2,13,14). The van der Waals surface area contributed by atoms with Gasteiger partial charge in [0.1, 0.15) is 0 Å². The fourth-order valence-electron chi connectivity index (χ4n) is 1.93. The van der Waals surface area contributed by atoms with E-state index >= 15 is 0 Å². The fraction of sp³-hybridized carbons (Fsp3) is 0.417. The minimum absolute atomic E-state index is 0.606. The second-order valence-corrected chi connectivity index (χ2v) is 5.04. The molecule has 1 heterocycles. The van der Waals surface area contributed by atoms with Crippen molar-refractivity contribution in [2.75, 3.05) is 17.7 Å². The van der Waals surface area contributed by atoms with Gasteiger partial charge in [-0.2, -0.15) is 11.8 Å². The molecule has 1 unspecified atom stereocenters. The first-order valence-corrected chi connectivity index (χ1v) is 6.81. The summed E-state index contributed by atoms with van der Waals surface area (Å²) in [6, 6.07) is 8.09. The van der Waals surface area contributed by atoms with Crippen LogP contribution in [0.25, 0.3) is 11.0 Å². The monoisotopic (exact) mass is 235 g/mol. The van der Waals surface area contributed by atoms with Crippen LogP contribution >= 0.6 is 11.8 Å². The Labute approximate surface area is 100 Å². The molecule has 0 aliphatic heterocycles. The van der Waals surface area contributed by atoms with E-state index < -0.39 is 0 Å². The van der Waals surface area contributed by atoms with Gasteiger partial charge in [0.15, 0.2) is 0 Å². The summed E-state index contributed by atoms with van der Waals surface area (Å²) in [5.74, 6) is 2.37. The maximum Gasteiger partial charge on any atom is 0.201 e. The number of nitrogen functional groups attached to an aromatic ring is 1. The Balaban J connectivity index is 2.32. The third-order valence-electron chi connectivity index (χ3n) is 2.63. The molecule has 0 fully saturated rings. The number of nitrogens with zero attached hydrogens (tertiary/aromatic N) is 2. The minimum Gasteiger partial charge on any atom is -0.369 e. The van der Waals surface area contributed by atoms with Gasteiger partial charge >= 0.3 is 0 Å². The van der Waals surface area contributed by atoms with Crippen LogP contribution in [0, 0.1) is 5.92 Å². The molecule has 3 nitrogen and oxygen atoms in total. The molecule has 0 radical (unpaired) electrons. The number of aromatic nitrogens is 2. The molecule has 1 aromatic carbocycles. The molecule has 2 aromatic rings. The topological polar surface area (TPSA) is 43.8 Å². The summed E-state index contributed by atoms with van der Waals surface area (Å²) in [6.07, 6.45) is 2.13. The van der Waals surface area contributed by atoms with Gasteiger partial charge in [-0.05, 0) is 30.1 Å². The number of hydrogen-bond donors (Lipinski definition) is 1. The molecule has 4 heteroatoms. The Morgan fingerprint density at radius 1 is 1.44 bits per heavy atom. The number of nitrogens with two attached hydrogens (primary N) is 1. The van der Waals surface area contributed by atoms with Gasteiger partial charge in [0.2, 0.25) is 5.95 Å². The molecule has 0 spiro atoms. The maximum absolute atomic E-state index is 5.94. The average Bonchev–Trinajstić information content (AvgIpc) is 2.56. The zero-order valence-corrected chi connectivity index (χ0v) is 10.5. The van der Waals surface area contributed by atoms with E-state index in [1.165, 1.54) is 0 Å². The summed E-state index contributed by atoms with van der Waals surface area (Å²) in [6.45, 7) is 3.18. The Kier molecular flexibility index (Phi) is 3.39. The van der Waals surface area contributed by atoms with E-state index in [0.29, 0.717) is 11.9 Å². The van der Waals surface area contributed by atoms with Gasteiger partial charge in [0, 0.05) is 6.54 Å². The van der Waals surface area contributed by atoms with Gasteiger partial charge in [0.05, 0.1) is 11.0 Å². The van der Waals surface area contributed by atoms with Crippen molar-refractivity contribution in [3.05, 3.63) is 24.3 Å². The van der Waals surface area contributed by atoms with Crippen molar-refractivity contribution in [3.8, 4) is 0 Å². The second kappa shape index (κ2) is 4.78. The molecular formula is C12H17N3S. The Bertz CT molecular complexity index is 478. The number of fused-ring (bicyclic) bond motifs is 1. The SMILES string of the molecule is CSCC(C)Cn1c(N)nc2ccccc21. The van der Waals surface area contributed by atoms with Crippen LogP contribution in [0.5, 0.6) is 0 Å². The molecule has 1 aromatic heterocycles. The smallest absolute Gasteiger partial charge is 0.201 e. The molecule has 0 aliphatic rings. The number of thioether (sulfide) groups is 1. The molecule has 0 amide bonds. The molecule has 0 bridgehead atoms. The fourth-order valence-corrected chi connectivity index (χ4v) is 2.61. The number of anilines is 1. The summed E-state index contributed by atoms with van der Waals surface area (Å²) in [5, 5.41) is 0. The first-order valence-electron chi connectivity index (χ1n) is 5.42. The number of hydrogen-bond acceptors (Lipinski definition) is 3. The highest BCUT2D eigenvalue weighted by Gasteiger charge is 2.10. The summed E-state index contributed by atoms with van der Waals surface area (Å²) >= 11 is 1.87. The number of rotatable bonds is 4. The molecule has 0 aliphatic carbocycles. The number of para-hydroxylation sites is 2. The number of imidazole rings is 1. The molecule has 1 atom stereocenters. The Morgan fingerprint density at radius 3 is 2.94 bits per heavy atom. The van der Waals surface area contributed by atoms with Crippen LogP contribution in [0.4, 0.5) is 5.95 Å². The highest BCUT2D eigenvalue weighted by molar-refractivity contribution is 7.98. The number of benzene rings is 1. The van der Waals surface area contributed by atoms with Crippen LogP contribution in [-0.2, 0) is 6.54 Å². The van der Waals surface area contributed by atoms with Gasteiger partial charge < -0.3 is 10.3 Å². The highest BCUT2D eigenvalue weighted by atomic mass is 32.2. The second-order valence-electron chi connectivity index (χ2n) is 4.13. The van der Waals surface area contributed by atoms with Crippen LogP contribution in [0.15, 0.2) is 24.3 Å². The van der Waals surface area contributed by atoms with Gasteiger partial charge in [-0.25, -0.2) is 4.98 Å². The largest absolute Gasteiger partial charge is 0.369 e. The first kappa shape index (κ1) is 11.3. The predicted octanol–water partition coefficient (Wildman–Crippen LogP) is 2.62. The Hall–Kier alpha value is -1.16. The van der Waals surface area contributed by atoms with Crippen molar-refractivity contribution in [1.29, 1.82) is 0 Å². The van der Waals surface area contributed by atoms with Crippen molar-refractivity contribution in [2.24, 2.45) is 5.92 Å². The van der Waals surface area contributed by atoms with E-state index in [2.05, 4.69) is 28.8 Å². The van der Waals surface area contributed by atoms with E-state index in [1.807, 2.05) is 30.0 Å². The molecular weight excluding hydrogens is 218 g/mol. The molecule has 2 N–H and O–H groups in total. The van der Waals surface area contributed by atoms with Crippen LogP contribution in [0.1, 0.15) is 6.92 Å². The minimum atomic E-state index is 0.606. The van der Waals surface area contributed by atoms with Crippen molar-refractivity contribution in [1.82, 2.24) is 9.55 Å². The zero-order valence-electron chi connectivity index (χ0n) is 9.68. The van der Waals surface area contributed by atoms with E-state index in [1.54, 1.807) is 0 Å². The summed E-state index contributed by atoms with van der Waals surface area (Å²) in [4.78, 5) is 4.36. The third-order valence-corrected chi connectivity index (χ3v) is 3.53. The van der Waals surface area contributed by atoms with E-state index in [0.717, 1.165) is 23.3 Å². The van der Waals surface area contributed by atoms with Crippen LogP contribution in [-0.4, -0.2) is 21.6 Å². The maximum atomic E-state index is 5.94. The summed E-state index contributed by atoms with van der Waals surface area (Å²) in [5.41, 5.74) is 8.06. The normalized spacial score (nSPS) is 13.1.